The first-order chi connectivity index (χ1) is 6.74. The predicted octanol–water partition coefficient (Wildman–Crippen LogP) is 1.47. The molecule has 0 saturated carbocycles. The van der Waals surface area contributed by atoms with Gasteiger partial charge in [0.15, 0.2) is 0 Å². The Kier molecular flexibility index (Phi) is 5.04. The van der Waals surface area contributed by atoms with Crippen LogP contribution in [0.4, 0.5) is 0 Å². The van der Waals surface area contributed by atoms with E-state index in [1.807, 2.05) is 17.8 Å². The van der Waals surface area contributed by atoms with Crippen LogP contribution in [-0.4, -0.2) is 32.5 Å². The van der Waals surface area contributed by atoms with Crippen molar-refractivity contribution in [2.45, 2.75) is 25.9 Å². The average molecular weight is 214 g/mol. The van der Waals surface area contributed by atoms with Crippen molar-refractivity contribution in [1.82, 2.24) is 9.78 Å². The highest BCUT2D eigenvalue weighted by molar-refractivity contribution is 7.99. The summed E-state index contributed by atoms with van der Waals surface area (Å²) in [5.74, 6) is 1.91. The van der Waals surface area contributed by atoms with Crippen LogP contribution in [0.3, 0.4) is 0 Å². The van der Waals surface area contributed by atoms with Gasteiger partial charge in [-0.05, 0) is 24.7 Å². The molecule has 0 aliphatic heterocycles. The topological polar surface area (TPSA) is 38.1 Å². The van der Waals surface area contributed by atoms with Gasteiger partial charge >= 0.3 is 0 Å². The summed E-state index contributed by atoms with van der Waals surface area (Å²) in [4.78, 5) is 0. The van der Waals surface area contributed by atoms with Crippen LogP contribution in [0.5, 0.6) is 0 Å². The minimum absolute atomic E-state index is 0.185. The lowest BCUT2D eigenvalue weighted by atomic mass is 10.2. The summed E-state index contributed by atoms with van der Waals surface area (Å²) >= 11 is 1.79. The third kappa shape index (κ3) is 3.72. The second-order valence-electron chi connectivity index (χ2n) is 3.30. The van der Waals surface area contributed by atoms with Crippen LogP contribution >= 0.6 is 11.8 Å². The fourth-order valence-electron chi connectivity index (χ4n) is 1.30. The van der Waals surface area contributed by atoms with Crippen molar-refractivity contribution in [1.29, 1.82) is 0 Å². The number of aryl methyl sites for hydroxylation is 2. The molecule has 0 amide bonds. The highest BCUT2D eigenvalue weighted by Crippen LogP contribution is 2.08. The maximum absolute atomic E-state index is 9.62. The fraction of sp³-hybridized carbons (Fsp3) is 0.700. The molecule has 0 aliphatic carbocycles. The lowest BCUT2D eigenvalue weighted by molar-refractivity contribution is 0.189. The van der Waals surface area contributed by atoms with Crippen molar-refractivity contribution in [3.05, 3.63) is 18.0 Å². The molecule has 0 saturated heterocycles. The zero-order valence-electron chi connectivity index (χ0n) is 8.81. The number of nitrogens with zero attached hydrogens (tertiary/aromatic N) is 2. The molecule has 0 fully saturated rings. The molecule has 1 N–H and O–H groups in total. The smallest absolute Gasteiger partial charge is 0.0634 e. The molecule has 3 nitrogen and oxygen atoms in total. The molecule has 0 bridgehead atoms. The van der Waals surface area contributed by atoms with E-state index in [1.54, 1.807) is 18.0 Å². The van der Waals surface area contributed by atoms with E-state index in [2.05, 4.69) is 12.0 Å². The molecule has 1 unspecified atom stereocenters. The Morgan fingerprint density at radius 1 is 1.64 bits per heavy atom. The zero-order valence-corrected chi connectivity index (χ0v) is 9.63. The Balaban J connectivity index is 2.23. The summed E-state index contributed by atoms with van der Waals surface area (Å²) in [6.07, 6.45) is 3.34. The van der Waals surface area contributed by atoms with Gasteiger partial charge in [0, 0.05) is 24.7 Å². The van der Waals surface area contributed by atoms with E-state index < -0.39 is 0 Å². The standard InChI is InChI=1S/C10H18N2OS/c1-3-14-8-10(13)5-4-9-6-7-11-12(9)2/h6-7,10,13H,3-5,8H2,1-2H3. The van der Waals surface area contributed by atoms with Gasteiger partial charge < -0.3 is 5.11 Å². The molecule has 1 rings (SSSR count). The number of hydrogen-bond donors (Lipinski definition) is 1. The largest absolute Gasteiger partial charge is 0.392 e. The quantitative estimate of drug-likeness (QED) is 0.779. The van der Waals surface area contributed by atoms with E-state index in [1.165, 1.54) is 5.69 Å². The Hall–Kier alpha value is -0.480. The molecule has 1 aromatic rings. The summed E-state index contributed by atoms with van der Waals surface area (Å²) in [5, 5.41) is 13.7. The van der Waals surface area contributed by atoms with Crippen LogP contribution < -0.4 is 0 Å². The zero-order chi connectivity index (χ0) is 10.4. The van der Waals surface area contributed by atoms with Crippen molar-refractivity contribution in [3.8, 4) is 0 Å². The van der Waals surface area contributed by atoms with E-state index in [9.17, 15) is 5.11 Å². The number of rotatable bonds is 6. The maximum Gasteiger partial charge on any atom is 0.0634 e. The highest BCUT2D eigenvalue weighted by atomic mass is 32.2. The summed E-state index contributed by atoms with van der Waals surface area (Å²) in [5.41, 5.74) is 1.19. The van der Waals surface area contributed by atoms with Crippen molar-refractivity contribution in [2.24, 2.45) is 7.05 Å². The van der Waals surface area contributed by atoms with Crippen molar-refractivity contribution < 1.29 is 5.11 Å². The Morgan fingerprint density at radius 3 is 3.00 bits per heavy atom. The molecular weight excluding hydrogens is 196 g/mol. The normalized spacial score (nSPS) is 13.1. The van der Waals surface area contributed by atoms with Crippen LogP contribution in [0, 0.1) is 0 Å². The van der Waals surface area contributed by atoms with E-state index in [-0.39, 0.29) is 6.10 Å². The summed E-state index contributed by atoms with van der Waals surface area (Å²) in [6.45, 7) is 2.11. The van der Waals surface area contributed by atoms with Gasteiger partial charge in [-0.3, -0.25) is 4.68 Å². The minimum Gasteiger partial charge on any atom is -0.392 e. The lowest BCUT2D eigenvalue weighted by Crippen LogP contribution is -2.12. The van der Waals surface area contributed by atoms with Gasteiger partial charge in [0.2, 0.25) is 0 Å². The molecule has 0 aliphatic rings. The molecule has 1 atom stereocenters. The third-order valence-electron chi connectivity index (χ3n) is 2.17. The number of aromatic nitrogens is 2. The van der Waals surface area contributed by atoms with Gasteiger partial charge in [0.25, 0.3) is 0 Å². The van der Waals surface area contributed by atoms with Crippen molar-refractivity contribution in [3.63, 3.8) is 0 Å². The molecule has 1 aromatic heterocycles. The molecule has 80 valence electrons. The van der Waals surface area contributed by atoms with Gasteiger partial charge in [0.05, 0.1) is 6.10 Å². The van der Waals surface area contributed by atoms with Gasteiger partial charge in [0.1, 0.15) is 0 Å². The molecular formula is C10H18N2OS. The first-order valence-electron chi connectivity index (χ1n) is 4.96. The van der Waals surface area contributed by atoms with Crippen LogP contribution in [0.15, 0.2) is 12.3 Å². The molecule has 0 radical (unpaired) electrons. The summed E-state index contributed by atoms with van der Waals surface area (Å²) < 4.78 is 1.86. The van der Waals surface area contributed by atoms with Gasteiger partial charge in [-0.15, -0.1) is 0 Å². The second-order valence-corrected chi connectivity index (χ2v) is 4.62. The Bertz CT molecular complexity index is 262. The minimum atomic E-state index is -0.185. The van der Waals surface area contributed by atoms with E-state index in [4.69, 9.17) is 0 Å². The van der Waals surface area contributed by atoms with Crippen molar-refractivity contribution >= 4 is 11.8 Å². The van der Waals surface area contributed by atoms with Crippen LogP contribution in [0.1, 0.15) is 19.0 Å². The molecule has 1 heterocycles. The third-order valence-corrected chi connectivity index (χ3v) is 3.20. The second kappa shape index (κ2) is 6.09. The number of aliphatic hydroxyl groups excluding tert-OH is 1. The first-order valence-corrected chi connectivity index (χ1v) is 6.12. The highest BCUT2D eigenvalue weighted by Gasteiger charge is 2.05. The van der Waals surface area contributed by atoms with Crippen LogP contribution in [-0.2, 0) is 13.5 Å². The van der Waals surface area contributed by atoms with Gasteiger partial charge in [-0.25, -0.2) is 0 Å². The fourth-order valence-corrected chi connectivity index (χ4v) is 1.97. The number of thioether (sulfide) groups is 1. The van der Waals surface area contributed by atoms with Gasteiger partial charge in [-0.2, -0.15) is 16.9 Å². The van der Waals surface area contributed by atoms with Crippen LogP contribution in [0.25, 0.3) is 0 Å². The number of aliphatic hydroxyl groups is 1. The molecule has 14 heavy (non-hydrogen) atoms. The predicted molar refractivity (Wildman–Crippen MR) is 60.5 cm³/mol. The van der Waals surface area contributed by atoms with Gasteiger partial charge in [-0.1, -0.05) is 6.92 Å². The van der Waals surface area contributed by atoms with E-state index in [0.29, 0.717) is 0 Å². The monoisotopic (exact) mass is 214 g/mol. The lowest BCUT2D eigenvalue weighted by Gasteiger charge is -2.09. The first kappa shape index (κ1) is 11.6. The maximum atomic E-state index is 9.62. The molecule has 4 heteroatoms. The summed E-state index contributed by atoms with van der Waals surface area (Å²) in [7, 11) is 1.93. The average Bonchev–Trinajstić information content (AvgIpc) is 2.58. The van der Waals surface area contributed by atoms with Crippen LogP contribution in [0.2, 0.25) is 0 Å². The Morgan fingerprint density at radius 2 is 2.43 bits per heavy atom. The molecule has 0 aromatic carbocycles. The molecule has 0 spiro atoms. The van der Waals surface area contributed by atoms with E-state index in [0.717, 1.165) is 24.3 Å². The SMILES string of the molecule is CCSCC(O)CCc1ccnn1C. The Labute approximate surface area is 89.5 Å². The van der Waals surface area contributed by atoms with E-state index >= 15 is 0 Å². The summed E-state index contributed by atoms with van der Waals surface area (Å²) in [6, 6.07) is 2.00. The van der Waals surface area contributed by atoms with Crippen molar-refractivity contribution in [2.75, 3.05) is 11.5 Å². The number of hydrogen-bond acceptors (Lipinski definition) is 3.